The SMILES string of the molecule is [CH]1/C=C/C/C=C\CC/C=C/C1. The number of allylic oxidation sites excluding steroid dienone is 6. The van der Waals surface area contributed by atoms with E-state index in [2.05, 4.69) is 42.9 Å². The van der Waals surface area contributed by atoms with Crippen molar-refractivity contribution in [3.8, 4) is 0 Å². The minimum Gasteiger partial charge on any atom is -0.0882 e. The molecule has 0 atom stereocenters. The van der Waals surface area contributed by atoms with E-state index in [0.29, 0.717) is 0 Å². The highest BCUT2D eigenvalue weighted by molar-refractivity contribution is 5.04. The Balaban J connectivity index is 2.34. The molecule has 11 heavy (non-hydrogen) atoms. The zero-order valence-electron chi connectivity index (χ0n) is 6.87. The van der Waals surface area contributed by atoms with E-state index in [-0.39, 0.29) is 0 Å². The van der Waals surface area contributed by atoms with Crippen molar-refractivity contribution in [2.45, 2.75) is 25.7 Å². The van der Waals surface area contributed by atoms with Gasteiger partial charge >= 0.3 is 0 Å². The van der Waals surface area contributed by atoms with Gasteiger partial charge in [0.05, 0.1) is 0 Å². The molecule has 1 radical (unpaired) electrons. The molecule has 0 heterocycles. The lowest BCUT2D eigenvalue weighted by Crippen LogP contribution is -1.66. The zero-order chi connectivity index (χ0) is 7.78. The van der Waals surface area contributed by atoms with Crippen LogP contribution in [0.4, 0.5) is 0 Å². The second-order valence-electron chi connectivity index (χ2n) is 2.66. The first-order valence-electron chi connectivity index (χ1n) is 4.28. The summed E-state index contributed by atoms with van der Waals surface area (Å²) in [7, 11) is 0. The van der Waals surface area contributed by atoms with Crippen LogP contribution in [0.15, 0.2) is 36.5 Å². The summed E-state index contributed by atoms with van der Waals surface area (Å²) in [5, 5.41) is 0. The molecule has 1 aliphatic rings. The lowest BCUT2D eigenvalue weighted by Gasteiger charge is -1.85. The van der Waals surface area contributed by atoms with E-state index < -0.39 is 0 Å². The standard InChI is InChI=1S/C11H15/c1-2-4-6-8-10-11-9-7-5-3-1/h1-3,6-9H,4-5,10-11H2/b2-1+,8-6-,9-7+. The molecule has 0 bridgehead atoms. The van der Waals surface area contributed by atoms with Crippen LogP contribution in [0.5, 0.6) is 0 Å². The van der Waals surface area contributed by atoms with Crippen LogP contribution in [0.2, 0.25) is 0 Å². The van der Waals surface area contributed by atoms with Gasteiger partial charge in [0.2, 0.25) is 0 Å². The largest absolute Gasteiger partial charge is 0.0882 e. The number of hydrogen-bond acceptors (Lipinski definition) is 0. The predicted molar refractivity (Wildman–Crippen MR) is 50.2 cm³/mol. The lowest BCUT2D eigenvalue weighted by atomic mass is 10.2. The summed E-state index contributed by atoms with van der Waals surface area (Å²) in [6.07, 6.45) is 20.0. The molecule has 0 aromatic heterocycles. The van der Waals surface area contributed by atoms with Crippen molar-refractivity contribution in [1.82, 2.24) is 0 Å². The molecule has 0 heteroatoms. The molecule has 0 amide bonds. The Morgan fingerprint density at radius 1 is 0.636 bits per heavy atom. The minimum atomic E-state index is 1.08. The van der Waals surface area contributed by atoms with Crippen LogP contribution in [0.25, 0.3) is 0 Å². The van der Waals surface area contributed by atoms with Gasteiger partial charge in [0.25, 0.3) is 0 Å². The first-order valence-corrected chi connectivity index (χ1v) is 4.28. The van der Waals surface area contributed by atoms with Crippen LogP contribution in [-0.4, -0.2) is 0 Å². The van der Waals surface area contributed by atoms with E-state index in [0.717, 1.165) is 12.8 Å². The van der Waals surface area contributed by atoms with Gasteiger partial charge in [-0.25, -0.2) is 0 Å². The molecule has 0 N–H and O–H groups in total. The van der Waals surface area contributed by atoms with E-state index in [1.807, 2.05) is 0 Å². The molecule has 1 rings (SSSR count). The summed E-state index contributed by atoms with van der Waals surface area (Å²) in [5.74, 6) is 0. The highest BCUT2D eigenvalue weighted by atomic mass is 13.9. The molecule has 0 saturated heterocycles. The molecule has 1 aliphatic carbocycles. The molecule has 0 nitrogen and oxygen atoms in total. The monoisotopic (exact) mass is 147 g/mol. The first-order chi connectivity index (χ1) is 5.50. The van der Waals surface area contributed by atoms with Crippen LogP contribution in [0, 0.1) is 6.42 Å². The Morgan fingerprint density at radius 3 is 2.18 bits per heavy atom. The molecule has 0 aromatic rings. The van der Waals surface area contributed by atoms with Crippen molar-refractivity contribution in [2.24, 2.45) is 0 Å². The van der Waals surface area contributed by atoms with Gasteiger partial charge in [-0.2, -0.15) is 0 Å². The second kappa shape index (κ2) is 5.96. The number of rotatable bonds is 0. The van der Waals surface area contributed by atoms with Crippen molar-refractivity contribution < 1.29 is 0 Å². The summed E-state index contributed by atoms with van der Waals surface area (Å²) in [4.78, 5) is 0. The molecule has 0 aliphatic heterocycles. The summed E-state index contributed by atoms with van der Waals surface area (Å²) < 4.78 is 0. The molecule has 0 unspecified atom stereocenters. The Labute approximate surface area is 69.3 Å². The maximum absolute atomic E-state index is 2.25. The Morgan fingerprint density at radius 2 is 1.36 bits per heavy atom. The topological polar surface area (TPSA) is 0 Å². The molecular weight excluding hydrogens is 132 g/mol. The van der Waals surface area contributed by atoms with Gasteiger partial charge in [-0.15, -0.1) is 0 Å². The minimum absolute atomic E-state index is 1.08. The third-order valence-corrected chi connectivity index (χ3v) is 1.65. The molecular formula is C11H15. The normalized spacial score (nSPS) is 28.4. The third-order valence-electron chi connectivity index (χ3n) is 1.65. The summed E-state index contributed by atoms with van der Waals surface area (Å²) >= 11 is 0. The van der Waals surface area contributed by atoms with Gasteiger partial charge in [0, 0.05) is 0 Å². The van der Waals surface area contributed by atoms with Gasteiger partial charge in [0.1, 0.15) is 0 Å². The third kappa shape index (κ3) is 4.60. The molecule has 0 aromatic carbocycles. The molecule has 59 valence electrons. The van der Waals surface area contributed by atoms with Crippen LogP contribution >= 0.6 is 0 Å². The van der Waals surface area contributed by atoms with Crippen molar-refractivity contribution in [3.05, 3.63) is 42.9 Å². The number of hydrogen-bond donors (Lipinski definition) is 0. The fourth-order valence-electron chi connectivity index (χ4n) is 1.03. The Kier molecular flexibility index (Phi) is 4.51. The Bertz CT molecular complexity index is 143. The van der Waals surface area contributed by atoms with E-state index in [1.165, 1.54) is 12.8 Å². The molecule has 0 fully saturated rings. The van der Waals surface area contributed by atoms with Crippen molar-refractivity contribution >= 4 is 0 Å². The smallest absolute Gasteiger partial charge is 0.0133 e. The van der Waals surface area contributed by atoms with Crippen molar-refractivity contribution in [3.63, 3.8) is 0 Å². The van der Waals surface area contributed by atoms with Gasteiger partial charge in [-0.05, 0) is 32.1 Å². The van der Waals surface area contributed by atoms with Gasteiger partial charge < -0.3 is 0 Å². The van der Waals surface area contributed by atoms with Gasteiger partial charge in [-0.3, -0.25) is 0 Å². The Hall–Kier alpha value is -0.780. The average molecular weight is 147 g/mol. The summed E-state index contributed by atoms with van der Waals surface area (Å²) in [5.41, 5.74) is 0. The van der Waals surface area contributed by atoms with Gasteiger partial charge in [-0.1, -0.05) is 36.5 Å². The van der Waals surface area contributed by atoms with Crippen molar-refractivity contribution in [1.29, 1.82) is 0 Å². The van der Waals surface area contributed by atoms with Crippen LogP contribution in [0.1, 0.15) is 25.7 Å². The molecule has 0 saturated carbocycles. The first kappa shape index (κ1) is 8.32. The van der Waals surface area contributed by atoms with Crippen LogP contribution in [-0.2, 0) is 0 Å². The van der Waals surface area contributed by atoms with Gasteiger partial charge in [0.15, 0.2) is 0 Å². The fourth-order valence-corrected chi connectivity index (χ4v) is 1.03. The maximum atomic E-state index is 2.25. The lowest BCUT2D eigenvalue weighted by molar-refractivity contribution is 1.04. The van der Waals surface area contributed by atoms with Crippen molar-refractivity contribution in [2.75, 3.05) is 0 Å². The fraction of sp³-hybridized carbons (Fsp3) is 0.364. The molecule has 0 spiro atoms. The highest BCUT2D eigenvalue weighted by Gasteiger charge is 1.81. The van der Waals surface area contributed by atoms with Crippen LogP contribution < -0.4 is 0 Å². The zero-order valence-corrected chi connectivity index (χ0v) is 6.87. The van der Waals surface area contributed by atoms with E-state index in [1.54, 1.807) is 0 Å². The summed E-state index contributed by atoms with van der Waals surface area (Å²) in [6, 6.07) is 0. The average Bonchev–Trinajstić information content (AvgIpc) is 2.08. The van der Waals surface area contributed by atoms with E-state index >= 15 is 0 Å². The quantitative estimate of drug-likeness (QED) is 0.460. The summed E-state index contributed by atoms with van der Waals surface area (Å²) in [6.45, 7) is 0. The van der Waals surface area contributed by atoms with E-state index in [9.17, 15) is 0 Å². The maximum Gasteiger partial charge on any atom is -0.0133 e. The highest BCUT2D eigenvalue weighted by Crippen LogP contribution is 2.00. The second-order valence-corrected chi connectivity index (χ2v) is 2.66. The van der Waals surface area contributed by atoms with E-state index in [4.69, 9.17) is 0 Å². The predicted octanol–water partition coefficient (Wildman–Crippen LogP) is 3.43. The van der Waals surface area contributed by atoms with Crippen LogP contribution in [0.3, 0.4) is 0 Å².